The topological polar surface area (TPSA) is 77.1 Å². The minimum absolute atomic E-state index is 0.0452. The largest absolute Gasteiger partial charge is 0.441 e. The van der Waals surface area contributed by atoms with Crippen molar-refractivity contribution < 1.29 is 9.21 Å². The van der Waals surface area contributed by atoms with Gasteiger partial charge in [0.1, 0.15) is 12.7 Å². The predicted octanol–water partition coefficient (Wildman–Crippen LogP) is 4.69. The number of hydrogen-bond acceptors (Lipinski definition) is 5. The molecule has 4 aromatic rings. The van der Waals surface area contributed by atoms with Crippen LogP contribution >= 0.6 is 0 Å². The molecule has 0 saturated heterocycles. The standard InChI is InChI=1S/C25H27N5O2/c1-17-5-6-21(13-18(17)2)23-14-27-24(32-23)11-12-25(31)29(4)19(3)20-7-9-22(10-8-20)30-16-26-15-28-30/h5-10,13-16,19H,11-12H2,1-4H3/t19-/m1/s1. The SMILES string of the molecule is Cc1ccc(-c2cnc(CCC(=O)N(C)[C@H](C)c3ccc(-n4cncn4)cc3)o2)cc1C. The van der Waals surface area contributed by atoms with E-state index < -0.39 is 0 Å². The summed E-state index contributed by atoms with van der Waals surface area (Å²) in [7, 11) is 1.83. The normalized spacial score (nSPS) is 12.0. The van der Waals surface area contributed by atoms with Gasteiger partial charge in [0.2, 0.25) is 5.91 Å². The third kappa shape index (κ3) is 4.61. The fourth-order valence-corrected chi connectivity index (χ4v) is 3.53. The second kappa shape index (κ2) is 9.18. The number of nitrogens with zero attached hydrogens (tertiary/aromatic N) is 5. The van der Waals surface area contributed by atoms with Crippen LogP contribution in [0, 0.1) is 13.8 Å². The number of aromatic nitrogens is 4. The third-order valence-electron chi connectivity index (χ3n) is 5.93. The van der Waals surface area contributed by atoms with Crippen molar-refractivity contribution in [3.63, 3.8) is 0 Å². The van der Waals surface area contributed by atoms with E-state index in [0.717, 1.165) is 22.6 Å². The van der Waals surface area contributed by atoms with E-state index in [1.54, 1.807) is 22.1 Å². The van der Waals surface area contributed by atoms with Crippen LogP contribution in [0.1, 0.15) is 42.0 Å². The monoisotopic (exact) mass is 429 g/mol. The maximum atomic E-state index is 12.8. The van der Waals surface area contributed by atoms with E-state index in [4.69, 9.17) is 4.42 Å². The molecule has 2 aromatic heterocycles. The first-order valence-corrected chi connectivity index (χ1v) is 10.7. The van der Waals surface area contributed by atoms with Crippen molar-refractivity contribution in [2.75, 3.05) is 7.05 Å². The summed E-state index contributed by atoms with van der Waals surface area (Å²) in [6.45, 7) is 6.18. The molecule has 2 heterocycles. The lowest BCUT2D eigenvalue weighted by atomic mass is 10.1. The van der Waals surface area contributed by atoms with Crippen molar-refractivity contribution in [2.45, 2.75) is 39.7 Å². The van der Waals surface area contributed by atoms with E-state index in [9.17, 15) is 4.79 Å². The van der Waals surface area contributed by atoms with Crippen LogP contribution in [-0.4, -0.2) is 37.6 Å². The molecule has 0 aliphatic rings. The molecule has 0 aliphatic heterocycles. The summed E-state index contributed by atoms with van der Waals surface area (Å²) in [5.41, 5.74) is 5.43. The molecule has 7 nitrogen and oxygen atoms in total. The fourth-order valence-electron chi connectivity index (χ4n) is 3.53. The van der Waals surface area contributed by atoms with Gasteiger partial charge in [-0.1, -0.05) is 24.3 Å². The molecule has 1 amide bonds. The van der Waals surface area contributed by atoms with Crippen molar-refractivity contribution in [3.05, 3.63) is 83.9 Å². The summed E-state index contributed by atoms with van der Waals surface area (Å²) in [6.07, 6.45) is 5.69. The van der Waals surface area contributed by atoms with Crippen molar-refractivity contribution in [1.29, 1.82) is 0 Å². The molecule has 164 valence electrons. The highest BCUT2D eigenvalue weighted by Crippen LogP contribution is 2.24. The molecule has 0 aliphatic carbocycles. The molecular formula is C25H27N5O2. The molecule has 0 spiro atoms. The molecule has 32 heavy (non-hydrogen) atoms. The number of benzene rings is 2. The van der Waals surface area contributed by atoms with Crippen molar-refractivity contribution in [3.8, 4) is 17.0 Å². The number of amides is 1. The van der Waals surface area contributed by atoms with Crippen molar-refractivity contribution in [2.24, 2.45) is 0 Å². The van der Waals surface area contributed by atoms with E-state index in [0.29, 0.717) is 18.7 Å². The Hall–Kier alpha value is -3.74. The molecule has 0 radical (unpaired) electrons. The number of oxazole rings is 1. The first kappa shape index (κ1) is 21.5. The summed E-state index contributed by atoms with van der Waals surface area (Å²) in [5.74, 6) is 1.35. The lowest BCUT2D eigenvalue weighted by Gasteiger charge is -2.25. The highest BCUT2D eigenvalue weighted by atomic mass is 16.4. The minimum atomic E-state index is -0.0528. The smallest absolute Gasteiger partial charge is 0.223 e. The second-order valence-corrected chi connectivity index (χ2v) is 8.03. The summed E-state index contributed by atoms with van der Waals surface area (Å²) in [6, 6.07) is 14.1. The van der Waals surface area contributed by atoms with Gasteiger partial charge in [-0.15, -0.1) is 0 Å². The Morgan fingerprint density at radius 2 is 1.91 bits per heavy atom. The zero-order chi connectivity index (χ0) is 22.7. The molecule has 0 bridgehead atoms. The lowest BCUT2D eigenvalue weighted by Crippen LogP contribution is -2.29. The predicted molar refractivity (Wildman–Crippen MR) is 122 cm³/mol. The minimum Gasteiger partial charge on any atom is -0.441 e. The van der Waals surface area contributed by atoms with Gasteiger partial charge in [0.25, 0.3) is 0 Å². The average molecular weight is 430 g/mol. The van der Waals surface area contributed by atoms with Gasteiger partial charge in [0, 0.05) is 25.5 Å². The molecule has 7 heteroatoms. The Balaban J connectivity index is 1.35. The summed E-state index contributed by atoms with van der Waals surface area (Å²) < 4.78 is 7.59. The van der Waals surface area contributed by atoms with Crippen LogP contribution < -0.4 is 0 Å². The lowest BCUT2D eigenvalue weighted by molar-refractivity contribution is -0.131. The molecule has 2 aromatic carbocycles. The first-order valence-electron chi connectivity index (χ1n) is 10.7. The summed E-state index contributed by atoms with van der Waals surface area (Å²) >= 11 is 0. The number of carbonyl (C=O) groups excluding carboxylic acids is 1. The third-order valence-corrected chi connectivity index (χ3v) is 5.93. The number of aryl methyl sites for hydroxylation is 3. The van der Waals surface area contributed by atoms with Crippen molar-refractivity contribution >= 4 is 5.91 Å². The highest BCUT2D eigenvalue weighted by Gasteiger charge is 2.18. The zero-order valence-corrected chi connectivity index (χ0v) is 18.8. The van der Waals surface area contributed by atoms with Crippen LogP contribution in [0.2, 0.25) is 0 Å². The second-order valence-electron chi connectivity index (χ2n) is 8.03. The average Bonchev–Trinajstić information content (AvgIpc) is 3.51. The van der Waals surface area contributed by atoms with Crippen molar-refractivity contribution in [1.82, 2.24) is 24.6 Å². The van der Waals surface area contributed by atoms with Gasteiger partial charge >= 0.3 is 0 Å². The quantitative estimate of drug-likeness (QED) is 0.426. The Bertz CT molecular complexity index is 1200. The van der Waals surface area contributed by atoms with Crippen LogP contribution in [0.3, 0.4) is 0 Å². The number of rotatable bonds is 7. The number of carbonyl (C=O) groups is 1. The van der Waals surface area contributed by atoms with Gasteiger partial charge in [-0.05, 0) is 55.7 Å². The molecule has 4 rings (SSSR count). The highest BCUT2D eigenvalue weighted by molar-refractivity contribution is 5.76. The first-order chi connectivity index (χ1) is 15.4. The van der Waals surface area contributed by atoms with Gasteiger partial charge in [0.05, 0.1) is 17.9 Å². The zero-order valence-electron chi connectivity index (χ0n) is 18.8. The van der Waals surface area contributed by atoms with Crippen LogP contribution in [0.5, 0.6) is 0 Å². The van der Waals surface area contributed by atoms with Gasteiger partial charge in [-0.25, -0.2) is 14.6 Å². The Labute approximate surface area is 187 Å². The summed E-state index contributed by atoms with van der Waals surface area (Å²) in [5, 5.41) is 4.13. The van der Waals surface area contributed by atoms with E-state index in [1.807, 2.05) is 44.3 Å². The molecule has 0 saturated carbocycles. The fraction of sp³-hybridized carbons (Fsp3) is 0.280. The van der Waals surface area contributed by atoms with E-state index in [2.05, 4.69) is 41.0 Å². The Morgan fingerprint density at radius 1 is 1.12 bits per heavy atom. The summed E-state index contributed by atoms with van der Waals surface area (Å²) in [4.78, 5) is 22.9. The van der Waals surface area contributed by atoms with Crippen LogP contribution in [0.15, 0.2) is 65.7 Å². The van der Waals surface area contributed by atoms with Gasteiger partial charge in [-0.3, -0.25) is 4.79 Å². The molecule has 0 N–H and O–H groups in total. The Morgan fingerprint density at radius 3 is 2.59 bits per heavy atom. The molecule has 0 fully saturated rings. The van der Waals surface area contributed by atoms with E-state index in [-0.39, 0.29) is 11.9 Å². The van der Waals surface area contributed by atoms with Gasteiger partial charge in [0.15, 0.2) is 11.7 Å². The maximum absolute atomic E-state index is 12.8. The molecule has 1 atom stereocenters. The molecule has 0 unspecified atom stereocenters. The van der Waals surface area contributed by atoms with Gasteiger partial charge < -0.3 is 9.32 Å². The maximum Gasteiger partial charge on any atom is 0.223 e. The molecular weight excluding hydrogens is 402 g/mol. The number of hydrogen-bond donors (Lipinski definition) is 0. The van der Waals surface area contributed by atoms with Crippen LogP contribution in [-0.2, 0) is 11.2 Å². The van der Waals surface area contributed by atoms with E-state index in [1.165, 1.54) is 17.5 Å². The van der Waals surface area contributed by atoms with Crippen LogP contribution in [0.4, 0.5) is 0 Å². The van der Waals surface area contributed by atoms with E-state index >= 15 is 0 Å². The van der Waals surface area contributed by atoms with Gasteiger partial charge in [-0.2, -0.15) is 5.10 Å². The van der Waals surface area contributed by atoms with Crippen LogP contribution in [0.25, 0.3) is 17.0 Å². The Kier molecular flexibility index (Phi) is 6.16.